The summed E-state index contributed by atoms with van der Waals surface area (Å²) in [6, 6.07) is 18.4. The van der Waals surface area contributed by atoms with E-state index in [1.807, 2.05) is 49.4 Å². The van der Waals surface area contributed by atoms with Crippen LogP contribution in [0.15, 0.2) is 60.7 Å². The molecule has 0 bridgehead atoms. The van der Waals surface area contributed by atoms with Crippen LogP contribution < -0.4 is 4.90 Å². The summed E-state index contributed by atoms with van der Waals surface area (Å²) in [4.78, 5) is 40.3. The van der Waals surface area contributed by atoms with Crippen molar-refractivity contribution in [1.82, 2.24) is 4.90 Å². The van der Waals surface area contributed by atoms with Crippen molar-refractivity contribution in [3.63, 3.8) is 0 Å². The number of hydrogen-bond acceptors (Lipinski definition) is 3. The molecule has 1 aliphatic heterocycles. The Bertz CT molecular complexity index is 1100. The molecule has 0 radical (unpaired) electrons. The maximum Gasteiger partial charge on any atom is 0.261 e. The van der Waals surface area contributed by atoms with Crippen molar-refractivity contribution in [3.8, 4) is 0 Å². The second kappa shape index (κ2) is 6.36. The van der Waals surface area contributed by atoms with Crippen LogP contribution >= 0.6 is 0 Å². The molecular weight excluding hydrogens is 340 g/mol. The van der Waals surface area contributed by atoms with E-state index in [1.165, 1.54) is 13.1 Å². The summed E-state index contributed by atoms with van der Waals surface area (Å²) in [5, 5.41) is 2.04. The van der Waals surface area contributed by atoms with Crippen molar-refractivity contribution < 1.29 is 14.4 Å². The van der Waals surface area contributed by atoms with Crippen LogP contribution in [0.4, 0.5) is 5.69 Å². The van der Waals surface area contributed by atoms with Crippen LogP contribution in [0, 0.1) is 0 Å². The molecule has 134 valence electrons. The zero-order valence-corrected chi connectivity index (χ0v) is 15.1. The van der Waals surface area contributed by atoms with Gasteiger partial charge in [-0.3, -0.25) is 19.3 Å². The SMILES string of the molecule is CCN(C(=O)c1ccc2c(c1)C(=O)N(C)C2=O)c1cccc2ccccc12. The Balaban J connectivity index is 1.78. The lowest BCUT2D eigenvalue weighted by Gasteiger charge is -2.23. The van der Waals surface area contributed by atoms with Gasteiger partial charge in [-0.1, -0.05) is 36.4 Å². The highest BCUT2D eigenvalue weighted by molar-refractivity contribution is 6.22. The summed E-state index contributed by atoms with van der Waals surface area (Å²) in [5.41, 5.74) is 1.83. The van der Waals surface area contributed by atoms with Gasteiger partial charge in [-0.25, -0.2) is 0 Å². The van der Waals surface area contributed by atoms with Crippen molar-refractivity contribution in [3.05, 3.63) is 77.4 Å². The van der Waals surface area contributed by atoms with Gasteiger partial charge in [0.1, 0.15) is 0 Å². The van der Waals surface area contributed by atoms with Crippen LogP contribution in [0.25, 0.3) is 10.8 Å². The van der Waals surface area contributed by atoms with Gasteiger partial charge in [-0.15, -0.1) is 0 Å². The third-order valence-corrected chi connectivity index (χ3v) is 4.96. The first kappa shape index (κ1) is 17.0. The summed E-state index contributed by atoms with van der Waals surface area (Å²) in [7, 11) is 1.45. The van der Waals surface area contributed by atoms with Gasteiger partial charge in [-0.05, 0) is 36.6 Å². The molecule has 3 amide bonds. The molecule has 0 aliphatic carbocycles. The van der Waals surface area contributed by atoms with E-state index in [0.717, 1.165) is 21.4 Å². The number of imide groups is 1. The number of nitrogens with zero attached hydrogens (tertiary/aromatic N) is 2. The summed E-state index contributed by atoms with van der Waals surface area (Å²) < 4.78 is 0. The van der Waals surface area contributed by atoms with E-state index in [4.69, 9.17) is 0 Å². The Labute approximate surface area is 156 Å². The van der Waals surface area contributed by atoms with E-state index in [9.17, 15) is 14.4 Å². The number of benzene rings is 3. The zero-order valence-electron chi connectivity index (χ0n) is 15.1. The molecule has 5 nitrogen and oxygen atoms in total. The number of anilines is 1. The molecule has 0 saturated carbocycles. The molecule has 0 unspecified atom stereocenters. The first-order valence-corrected chi connectivity index (χ1v) is 8.79. The summed E-state index contributed by atoms with van der Waals surface area (Å²) in [6.07, 6.45) is 0. The fourth-order valence-corrected chi connectivity index (χ4v) is 3.52. The van der Waals surface area contributed by atoms with Gasteiger partial charge < -0.3 is 4.90 Å². The molecule has 0 spiro atoms. The number of carbonyl (C=O) groups is 3. The van der Waals surface area contributed by atoms with E-state index in [1.54, 1.807) is 17.0 Å². The average Bonchev–Trinajstić information content (AvgIpc) is 2.92. The van der Waals surface area contributed by atoms with Crippen molar-refractivity contribution in [2.45, 2.75) is 6.92 Å². The molecule has 27 heavy (non-hydrogen) atoms. The number of fused-ring (bicyclic) bond motifs is 2. The topological polar surface area (TPSA) is 57.7 Å². The van der Waals surface area contributed by atoms with Crippen molar-refractivity contribution in [2.24, 2.45) is 0 Å². The standard InChI is InChI=1S/C22H18N2O3/c1-3-24(19-10-6-8-14-7-4-5-9-16(14)19)20(25)15-11-12-17-18(13-15)22(27)23(2)21(17)26/h4-13H,3H2,1-2H3. The Kier molecular flexibility index (Phi) is 4.00. The lowest BCUT2D eigenvalue weighted by atomic mass is 10.0. The monoisotopic (exact) mass is 358 g/mol. The summed E-state index contributed by atoms with van der Waals surface area (Å²) >= 11 is 0. The van der Waals surface area contributed by atoms with Crippen LogP contribution in [0.5, 0.6) is 0 Å². The van der Waals surface area contributed by atoms with Crippen LogP contribution in [-0.2, 0) is 0 Å². The predicted molar refractivity (Wildman–Crippen MR) is 104 cm³/mol. The Morgan fingerprint density at radius 1 is 0.926 bits per heavy atom. The molecule has 0 N–H and O–H groups in total. The number of amides is 3. The first-order valence-electron chi connectivity index (χ1n) is 8.79. The van der Waals surface area contributed by atoms with Gasteiger partial charge >= 0.3 is 0 Å². The molecule has 5 heteroatoms. The molecule has 0 atom stereocenters. The van der Waals surface area contributed by atoms with Crippen molar-refractivity contribution >= 4 is 34.2 Å². The fraction of sp³-hybridized carbons (Fsp3) is 0.136. The highest BCUT2D eigenvalue weighted by Gasteiger charge is 2.33. The van der Waals surface area contributed by atoms with Gasteiger partial charge in [0.05, 0.1) is 16.8 Å². The van der Waals surface area contributed by atoms with E-state index in [2.05, 4.69) is 0 Å². The van der Waals surface area contributed by atoms with Crippen LogP contribution in [0.2, 0.25) is 0 Å². The van der Waals surface area contributed by atoms with E-state index >= 15 is 0 Å². The van der Waals surface area contributed by atoms with Crippen LogP contribution in [0.3, 0.4) is 0 Å². The minimum atomic E-state index is -0.377. The quantitative estimate of drug-likeness (QED) is 0.670. The molecule has 0 aromatic heterocycles. The third-order valence-electron chi connectivity index (χ3n) is 4.96. The predicted octanol–water partition coefficient (Wildman–Crippen LogP) is 3.73. The third kappa shape index (κ3) is 2.59. The summed E-state index contributed by atoms with van der Waals surface area (Å²) in [6.45, 7) is 2.40. The molecule has 1 heterocycles. The van der Waals surface area contributed by atoms with E-state index in [0.29, 0.717) is 17.7 Å². The van der Waals surface area contributed by atoms with Gasteiger partial charge in [0.15, 0.2) is 0 Å². The smallest absolute Gasteiger partial charge is 0.261 e. The fourth-order valence-electron chi connectivity index (χ4n) is 3.52. The van der Waals surface area contributed by atoms with Gasteiger partial charge in [-0.2, -0.15) is 0 Å². The van der Waals surface area contributed by atoms with Crippen molar-refractivity contribution in [1.29, 1.82) is 0 Å². The highest BCUT2D eigenvalue weighted by atomic mass is 16.2. The number of hydrogen-bond donors (Lipinski definition) is 0. The number of carbonyl (C=O) groups excluding carboxylic acids is 3. The largest absolute Gasteiger partial charge is 0.308 e. The van der Waals surface area contributed by atoms with Crippen molar-refractivity contribution in [2.75, 3.05) is 18.5 Å². The van der Waals surface area contributed by atoms with Crippen LogP contribution in [0.1, 0.15) is 38.0 Å². The molecule has 3 aromatic carbocycles. The Hall–Kier alpha value is -3.47. The van der Waals surface area contributed by atoms with E-state index < -0.39 is 0 Å². The van der Waals surface area contributed by atoms with E-state index in [-0.39, 0.29) is 23.3 Å². The zero-order chi connectivity index (χ0) is 19.1. The number of rotatable bonds is 3. The second-order valence-corrected chi connectivity index (χ2v) is 6.48. The van der Waals surface area contributed by atoms with Gasteiger partial charge in [0, 0.05) is 24.5 Å². The average molecular weight is 358 g/mol. The minimum absolute atomic E-state index is 0.202. The molecule has 3 aromatic rings. The molecule has 0 saturated heterocycles. The molecule has 0 fully saturated rings. The Morgan fingerprint density at radius 3 is 2.41 bits per heavy atom. The summed E-state index contributed by atoms with van der Waals surface area (Å²) in [5.74, 6) is -0.917. The highest BCUT2D eigenvalue weighted by Crippen LogP contribution is 2.29. The molecule has 1 aliphatic rings. The maximum absolute atomic E-state index is 13.2. The maximum atomic E-state index is 13.2. The second-order valence-electron chi connectivity index (χ2n) is 6.48. The molecule has 4 rings (SSSR count). The minimum Gasteiger partial charge on any atom is -0.308 e. The van der Waals surface area contributed by atoms with Crippen LogP contribution in [-0.4, -0.2) is 36.2 Å². The Morgan fingerprint density at radius 2 is 1.63 bits per heavy atom. The van der Waals surface area contributed by atoms with Gasteiger partial charge in [0.2, 0.25) is 0 Å². The first-order chi connectivity index (χ1) is 13.0. The van der Waals surface area contributed by atoms with Gasteiger partial charge in [0.25, 0.3) is 17.7 Å². The lowest BCUT2D eigenvalue weighted by Crippen LogP contribution is -2.31. The lowest BCUT2D eigenvalue weighted by molar-refractivity contribution is 0.0693. The molecular formula is C22H18N2O3. The normalized spacial score (nSPS) is 13.2.